The van der Waals surface area contributed by atoms with Gasteiger partial charge in [-0.05, 0) is 42.8 Å². The molecule has 1 saturated heterocycles. The van der Waals surface area contributed by atoms with Crippen molar-refractivity contribution in [1.29, 1.82) is 0 Å². The van der Waals surface area contributed by atoms with Crippen LogP contribution in [-0.4, -0.2) is 23.6 Å². The van der Waals surface area contributed by atoms with Gasteiger partial charge in [-0.25, -0.2) is 0 Å². The second-order valence-corrected chi connectivity index (χ2v) is 7.23. The van der Waals surface area contributed by atoms with Gasteiger partial charge in [0.15, 0.2) is 15.8 Å². The van der Waals surface area contributed by atoms with Crippen molar-refractivity contribution >= 4 is 46.0 Å². The Morgan fingerprint density at radius 2 is 1.96 bits per heavy atom. The second kappa shape index (κ2) is 7.01. The molecule has 26 heavy (non-hydrogen) atoms. The molecule has 1 amide bonds. The fourth-order valence-electron chi connectivity index (χ4n) is 2.69. The van der Waals surface area contributed by atoms with Crippen LogP contribution in [0.3, 0.4) is 0 Å². The summed E-state index contributed by atoms with van der Waals surface area (Å²) < 4.78 is 16.6. The van der Waals surface area contributed by atoms with E-state index in [4.69, 9.17) is 26.4 Å². The Balaban J connectivity index is 1.58. The summed E-state index contributed by atoms with van der Waals surface area (Å²) in [5.74, 6) is 1.95. The molecule has 1 fully saturated rings. The van der Waals surface area contributed by atoms with Gasteiger partial charge in [-0.3, -0.25) is 9.69 Å². The van der Waals surface area contributed by atoms with Crippen molar-refractivity contribution < 1.29 is 19.0 Å². The Labute approximate surface area is 160 Å². The highest BCUT2D eigenvalue weighted by Crippen LogP contribution is 2.40. The third-order valence-electron chi connectivity index (χ3n) is 3.90. The standard InChI is InChI=1S/C19H15NO4S2/c1-2-22-14-6-3-12(4-7-14)9-17-18(21)20(19(25)26-17)13-5-8-15-16(10-13)24-11-23-15/h3-10H,2,11H2,1H3/b17-9-. The zero-order valence-electron chi connectivity index (χ0n) is 13.9. The van der Waals surface area contributed by atoms with Crippen molar-refractivity contribution in [2.75, 3.05) is 18.3 Å². The van der Waals surface area contributed by atoms with Gasteiger partial charge in [-0.1, -0.05) is 36.1 Å². The predicted octanol–water partition coefficient (Wildman–Crippen LogP) is 4.22. The Hall–Kier alpha value is -2.51. The zero-order chi connectivity index (χ0) is 18.1. The molecule has 2 aromatic rings. The van der Waals surface area contributed by atoms with Crippen molar-refractivity contribution in [3.63, 3.8) is 0 Å². The second-order valence-electron chi connectivity index (χ2n) is 5.56. The summed E-state index contributed by atoms with van der Waals surface area (Å²) in [6.07, 6.45) is 1.84. The lowest BCUT2D eigenvalue weighted by atomic mass is 10.2. The van der Waals surface area contributed by atoms with Crippen molar-refractivity contribution in [2.45, 2.75) is 6.92 Å². The third-order valence-corrected chi connectivity index (χ3v) is 5.20. The minimum Gasteiger partial charge on any atom is -0.494 e. The first-order chi connectivity index (χ1) is 12.7. The van der Waals surface area contributed by atoms with E-state index in [-0.39, 0.29) is 12.7 Å². The highest BCUT2D eigenvalue weighted by Gasteiger charge is 2.34. The van der Waals surface area contributed by atoms with Gasteiger partial charge >= 0.3 is 0 Å². The number of thiocarbonyl (C=S) groups is 1. The lowest BCUT2D eigenvalue weighted by molar-refractivity contribution is -0.113. The number of hydrogen-bond acceptors (Lipinski definition) is 6. The van der Waals surface area contributed by atoms with Gasteiger partial charge in [0.05, 0.1) is 17.2 Å². The first kappa shape index (κ1) is 16.9. The quantitative estimate of drug-likeness (QED) is 0.580. The monoisotopic (exact) mass is 385 g/mol. The van der Waals surface area contributed by atoms with Crippen LogP contribution >= 0.6 is 24.0 Å². The fourth-order valence-corrected chi connectivity index (χ4v) is 3.99. The summed E-state index contributed by atoms with van der Waals surface area (Å²) in [4.78, 5) is 14.9. The Kier molecular flexibility index (Phi) is 4.57. The molecule has 0 spiro atoms. The van der Waals surface area contributed by atoms with Crippen LogP contribution in [-0.2, 0) is 4.79 Å². The van der Waals surface area contributed by atoms with Crippen LogP contribution in [0.4, 0.5) is 5.69 Å². The minimum absolute atomic E-state index is 0.146. The number of amides is 1. The molecule has 7 heteroatoms. The number of anilines is 1. The molecule has 2 heterocycles. The van der Waals surface area contributed by atoms with Gasteiger partial charge in [0.25, 0.3) is 5.91 Å². The number of ether oxygens (including phenoxy) is 3. The summed E-state index contributed by atoms with van der Waals surface area (Å²) in [6.45, 7) is 2.75. The lowest BCUT2D eigenvalue weighted by Crippen LogP contribution is -2.27. The maximum atomic E-state index is 12.8. The van der Waals surface area contributed by atoms with Crippen LogP contribution < -0.4 is 19.1 Å². The van der Waals surface area contributed by atoms with E-state index in [2.05, 4.69) is 0 Å². The molecule has 0 saturated carbocycles. The Morgan fingerprint density at radius 1 is 1.19 bits per heavy atom. The number of thioether (sulfide) groups is 1. The number of carbonyl (C=O) groups is 1. The van der Waals surface area contributed by atoms with Gasteiger partial charge in [0.2, 0.25) is 6.79 Å². The van der Waals surface area contributed by atoms with E-state index in [9.17, 15) is 4.79 Å². The highest BCUT2D eigenvalue weighted by molar-refractivity contribution is 8.27. The first-order valence-electron chi connectivity index (χ1n) is 8.06. The largest absolute Gasteiger partial charge is 0.494 e. The van der Waals surface area contributed by atoms with Gasteiger partial charge in [-0.2, -0.15) is 0 Å². The number of nitrogens with zero attached hydrogens (tertiary/aromatic N) is 1. The van der Waals surface area contributed by atoms with Gasteiger partial charge in [0.1, 0.15) is 5.75 Å². The molecule has 0 N–H and O–H groups in total. The predicted molar refractivity (Wildman–Crippen MR) is 106 cm³/mol. The SMILES string of the molecule is CCOc1ccc(/C=C2\SC(=S)N(c3ccc4c(c3)OCO4)C2=O)cc1. The number of fused-ring (bicyclic) bond motifs is 1. The van der Waals surface area contributed by atoms with Gasteiger partial charge < -0.3 is 14.2 Å². The summed E-state index contributed by atoms with van der Waals surface area (Å²) >= 11 is 6.70. The average Bonchev–Trinajstić information content (AvgIpc) is 3.21. The van der Waals surface area contributed by atoms with Crippen LogP contribution in [0.2, 0.25) is 0 Å². The molecule has 0 unspecified atom stereocenters. The van der Waals surface area contributed by atoms with Crippen LogP contribution in [0.1, 0.15) is 12.5 Å². The van der Waals surface area contributed by atoms with E-state index in [1.165, 1.54) is 16.7 Å². The third kappa shape index (κ3) is 3.15. The molecule has 2 aliphatic rings. The highest BCUT2D eigenvalue weighted by atomic mass is 32.2. The van der Waals surface area contributed by atoms with E-state index >= 15 is 0 Å². The molecule has 0 aromatic heterocycles. The molecule has 132 valence electrons. The van der Waals surface area contributed by atoms with Crippen molar-refractivity contribution in [1.82, 2.24) is 0 Å². The zero-order valence-corrected chi connectivity index (χ0v) is 15.6. The molecule has 0 atom stereocenters. The summed E-state index contributed by atoms with van der Waals surface area (Å²) in [5.41, 5.74) is 1.59. The minimum atomic E-state index is -0.146. The summed E-state index contributed by atoms with van der Waals surface area (Å²) in [6, 6.07) is 13.0. The smallest absolute Gasteiger partial charge is 0.270 e. The Bertz CT molecular complexity index is 908. The maximum Gasteiger partial charge on any atom is 0.270 e. The van der Waals surface area contributed by atoms with Crippen LogP contribution in [0.5, 0.6) is 17.2 Å². The van der Waals surface area contributed by atoms with E-state index < -0.39 is 0 Å². The molecule has 0 radical (unpaired) electrons. The lowest BCUT2D eigenvalue weighted by Gasteiger charge is -2.14. The maximum absolute atomic E-state index is 12.8. The molecule has 2 aliphatic heterocycles. The van der Waals surface area contributed by atoms with Crippen molar-refractivity contribution in [3.05, 3.63) is 52.9 Å². The number of rotatable bonds is 4. The number of carbonyl (C=O) groups excluding carboxylic acids is 1. The van der Waals surface area contributed by atoms with Crippen molar-refractivity contribution in [2.24, 2.45) is 0 Å². The van der Waals surface area contributed by atoms with E-state index in [0.29, 0.717) is 33.0 Å². The first-order valence-corrected chi connectivity index (χ1v) is 9.28. The van der Waals surface area contributed by atoms with Crippen LogP contribution in [0, 0.1) is 0 Å². The topological polar surface area (TPSA) is 48.0 Å². The molecule has 5 nitrogen and oxygen atoms in total. The van der Waals surface area contributed by atoms with Crippen molar-refractivity contribution in [3.8, 4) is 17.2 Å². The van der Waals surface area contributed by atoms with E-state index in [0.717, 1.165) is 11.3 Å². The summed E-state index contributed by atoms with van der Waals surface area (Å²) in [7, 11) is 0. The van der Waals surface area contributed by atoms with Gasteiger partial charge in [0, 0.05) is 6.07 Å². The molecule has 4 rings (SSSR count). The normalized spacial score (nSPS) is 17.3. The van der Waals surface area contributed by atoms with Gasteiger partial charge in [-0.15, -0.1) is 0 Å². The molecular formula is C19H15NO4S2. The molecule has 0 bridgehead atoms. The average molecular weight is 385 g/mol. The fraction of sp³-hybridized carbons (Fsp3) is 0.158. The number of hydrogen-bond donors (Lipinski definition) is 0. The molecule has 2 aromatic carbocycles. The molecular weight excluding hydrogens is 370 g/mol. The molecule has 0 aliphatic carbocycles. The summed E-state index contributed by atoms with van der Waals surface area (Å²) in [5, 5.41) is 0. The van der Waals surface area contributed by atoms with Crippen LogP contribution in [0.15, 0.2) is 47.4 Å². The van der Waals surface area contributed by atoms with Crippen LogP contribution in [0.25, 0.3) is 6.08 Å². The Morgan fingerprint density at radius 3 is 2.73 bits per heavy atom. The van der Waals surface area contributed by atoms with E-state index in [1.807, 2.05) is 37.3 Å². The number of benzene rings is 2. The van der Waals surface area contributed by atoms with E-state index in [1.54, 1.807) is 18.2 Å².